The number of carbonyl (C=O) groups is 1. The van der Waals surface area contributed by atoms with Crippen LogP contribution in [0.25, 0.3) is 0 Å². The standard InChI is InChI=1S/C15H19F3N2O/c1-2-11-3-5-12(6-4-11)7-8-13(15(16,17)18)20-10-9-14(21)19-20/h3-6,13H,2,7-10H2,1H3,(H,19,21)/t13-/m0/s1. The highest BCUT2D eigenvalue weighted by atomic mass is 19.4. The van der Waals surface area contributed by atoms with E-state index in [-0.39, 0.29) is 25.3 Å². The normalized spacial score (nSPS) is 17.8. The van der Waals surface area contributed by atoms with Crippen LogP contribution in [-0.4, -0.2) is 29.7 Å². The maximum Gasteiger partial charge on any atom is 0.405 e. The van der Waals surface area contributed by atoms with Crippen LogP contribution in [0, 0.1) is 0 Å². The molecule has 0 saturated carbocycles. The van der Waals surface area contributed by atoms with Gasteiger partial charge in [-0.05, 0) is 30.4 Å². The minimum absolute atomic E-state index is 0.0603. The molecule has 1 aliphatic rings. The van der Waals surface area contributed by atoms with Crippen LogP contribution in [0.4, 0.5) is 13.2 Å². The van der Waals surface area contributed by atoms with E-state index >= 15 is 0 Å². The molecule has 3 nitrogen and oxygen atoms in total. The van der Waals surface area contributed by atoms with E-state index in [1.54, 1.807) is 0 Å². The molecular formula is C15H19F3N2O. The molecule has 116 valence electrons. The Hall–Kier alpha value is -1.56. The quantitative estimate of drug-likeness (QED) is 0.907. The third kappa shape index (κ3) is 4.20. The monoisotopic (exact) mass is 300 g/mol. The molecule has 2 rings (SSSR count). The molecule has 1 aromatic carbocycles. The first-order valence-corrected chi connectivity index (χ1v) is 7.11. The Kier molecular flexibility index (Phi) is 4.88. The van der Waals surface area contributed by atoms with Crippen molar-refractivity contribution in [2.75, 3.05) is 6.54 Å². The SMILES string of the molecule is CCc1ccc(CC[C@H](N2CCC(=O)N2)C(F)(F)F)cc1. The van der Waals surface area contributed by atoms with Crippen molar-refractivity contribution in [3.63, 3.8) is 0 Å². The lowest BCUT2D eigenvalue weighted by atomic mass is 10.0. The summed E-state index contributed by atoms with van der Waals surface area (Å²) in [4.78, 5) is 11.1. The second-order valence-corrected chi connectivity index (χ2v) is 5.24. The van der Waals surface area contributed by atoms with Crippen LogP contribution < -0.4 is 5.43 Å². The van der Waals surface area contributed by atoms with Crippen molar-refractivity contribution >= 4 is 5.91 Å². The number of aryl methyl sites for hydroxylation is 2. The first-order valence-electron chi connectivity index (χ1n) is 7.11. The van der Waals surface area contributed by atoms with Crippen LogP contribution >= 0.6 is 0 Å². The summed E-state index contributed by atoms with van der Waals surface area (Å²) < 4.78 is 39.4. The van der Waals surface area contributed by atoms with Gasteiger partial charge < -0.3 is 0 Å². The molecule has 0 aliphatic carbocycles. The molecule has 1 aromatic rings. The van der Waals surface area contributed by atoms with Crippen molar-refractivity contribution < 1.29 is 18.0 Å². The zero-order valence-electron chi connectivity index (χ0n) is 11.9. The second-order valence-electron chi connectivity index (χ2n) is 5.24. The first-order chi connectivity index (χ1) is 9.90. The summed E-state index contributed by atoms with van der Waals surface area (Å²) in [5.74, 6) is -0.350. The molecule has 0 spiro atoms. The highest BCUT2D eigenvalue weighted by Crippen LogP contribution is 2.29. The molecule has 1 fully saturated rings. The van der Waals surface area contributed by atoms with Crippen molar-refractivity contribution in [3.8, 4) is 0 Å². The van der Waals surface area contributed by atoms with Crippen molar-refractivity contribution in [2.24, 2.45) is 0 Å². The molecule has 1 aliphatic heterocycles. The van der Waals surface area contributed by atoms with Gasteiger partial charge in [0.05, 0.1) is 0 Å². The Bertz CT molecular complexity index is 485. The number of hydrogen-bond acceptors (Lipinski definition) is 2. The van der Waals surface area contributed by atoms with Gasteiger partial charge in [0, 0.05) is 13.0 Å². The van der Waals surface area contributed by atoms with Crippen LogP contribution in [0.3, 0.4) is 0 Å². The average Bonchev–Trinajstić information content (AvgIpc) is 2.84. The minimum Gasteiger partial charge on any atom is -0.288 e. The van der Waals surface area contributed by atoms with E-state index in [9.17, 15) is 18.0 Å². The van der Waals surface area contributed by atoms with Crippen molar-refractivity contribution in [2.45, 2.75) is 44.8 Å². The lowest BCUT2D eigenvalue weighted by Gasteiger charge is -2.28. The smallest absolute Gasteiger partial charge is 0.288 e. The highest BCUT2D eigenvalue weighted by molar-refractivity contribution is 5.77. The molecule has 1 amide bonds. The predicted octanol–water partition coefficient (Wildman–Crippen LogP) is 2.85. The zero-order valence-corrected chi connectivity index (χ0v) is 11.9. The Balaban J connectivity index is 2.00. The topological polar surface area (TPSA) is 32.3 Å². The van der Waals surface area contributed by atoms with Gasteiger partial charge >= 0.3 is 6.18 Å². The maximum absolute atomic E-state index is 13.1. The van der Waals surface area contributed by atoms with Crippen LogP contribution in [0.15, 0.2) is 24.3 Å². The third-order valence-corrected chi connectivity index (χ3v) is 3.74. The summed E-state index contributed by atoms with van der Waals surface area (Å²) in [6, 6.07) is 5.99. The summed E-state index contributed by atoms with van der Waals surface area (Å²) in [6.07, 6.45) is -3.04. The molecule has 0 radical (unpaired) electrons. The number of benzene rings is 1. The number of hydrogen-bond donors (Lipinski definition) is 1. The van der Waals surface area contributed by atoms with Crippen LogP contribution in [0.2, 0.25) is 0 Å². The number of carbonyl (C=O) groups excluding carboxylic acids is 1. The Morgan fingerprint density at radius 3 is 2.33 bits per heavy atom. The molecule has 1 saturated heterocycles. The molecule has 1 heterocycles. The second kappa shape index (κ2) is 6.47. The Morgan fingerprint density at radius 1 is 1.24 bits per heavy atom. The lowest BCUT2D eigenvalue weighted by Crippen LogP contribution is -2.50. The number of alkyl halides is 3. The number of amides is 1. The number of halogens is 3. The fourth-order valence-electron chi connectivity index (χ4n) is 2.47. The fourth-order valence-corrected chi connectivity index (χ4v) is 2.47. The maximum atomic E-state index is 13.1. The number of rotatable bonds is 5. The highest BCUT2D eigenvalue weighted by Gasteiger charge is 2.45. The van der Waals surface area contributed by atoms with Crippen molar-refractivity contribution in [1.29, 1.82) is 0 Å². The van der Waals surface area contributed by atoms with Gasteiger partial charge in [-0.3, -0.25) is 10.2 Å². The number of nitrogens with zero attached hydrogens (tertiary/aromatic N) is 1. The molecule has 1 N–H and O–H groups in total. The molecule has 0 aromatic heterocycles. The summed E-state index contributed by atoms with van der Waals surface area (Å²) in [5, 5.41) is 1.02. The molecular weight excluding hydrogens is 281 g/mol. The Labute approximate surface area is 122 Å². The van der Waals surface area contributed by atoms with Gasteiger partial charge in [-0.1, -0.05) is 31.2 Å². The number of nitrogens with one attached hydrogen (secondary N) is 1. The average molecular weight is 300 g/mol. The van der Waals surface area contributed by atoms with Gasteiger partial charge in [-0.25, -0.2) is 5.01 Å². The van der Waals surface area contributed by atoms with Gasteiger partial charge in [0.1, 0.15) is 6.04 Å². The van der Waals surface area contributed by atoms with E-state index in [2.05, 4.69) is 5.43 Å². The first kappa shape index (κ1) is 15.8. The molecule has 1 atom stereocenters. The predicted molar refractivity (Wildman–Crippen MR) is 73.4 cm³/mol. The summed E-state index contributed by atoms with van der Waals surface area (Å²) in [6.45, 7) is 2.14. The molecule has 0 unspecified atom stereocenters. The van der Waals surface area contributed by atoms with E-state index in [1.165, 1.54) is 0 Å². The minimum atomic E-state index is -4.35. The molecule has 21 heavy (non-hydrogen) atoms. The summed E-state index contributed by atoms with van der Waals surface area (Å²) in [7, 11) is 0. The van der Waals surface area contributed by atoms with E-state index in [0.29, 0.717) is 6.42 Å². The third-order valence-electron chi connectivity index (χ3n) is 3.74. The van der Waals surface area contributed by atoms with E-state index in [0.717, 1.165) is 22.6 Å². The fraction of sp³-hybridized carbons (Fsp3) is 0.533. The van der Waals surface area contributed by atoms with Crippen molar-refractivity contribution in [3.05, 3.63) is 35.4 Å². The summed E-state index contributed by atoms with van der Waals surface area (Å²) >= 11 is 0. The van der Waals surface area contributed by atoms with Gasteiger partial charge in [-0.15, -0.1) is 0 Å². The zero-order chi connectivity index (χ0) is 15.5. The van der Waals surface area contributed by atoms with Crippen LogP contribution in [0.1, 0.15) is 30.9 Å². The Morgan fingerprint density at radius 2 is 1.86 bits per heavy atom. The van der Waals surface area contributed by atoms with Gasteiger partial charge in [-0.2, -0.15) is 13.2 Å². The van der Waals surface area contributed by atoms with E-state index < -0.39 is 12.2 Å². The van der Waals surface area contributed by atoms with E-state index in [1.807, 2.05) is 31.2 Å². The van der Waals surface area contributed by atoms with Gasteiger partial charge in [0.15, 0.2) is 0 Å². The molecule has 6 heteroatoms. The van der Waals surface area contributed by atoms with Gasteiger partial charge in [0.2, 0.25) is 5.91 Å². The molecule has 0 bridgehead atoms. The van der Waals surface area contributed by atoms with Gasteiger partial charge in [0.25, 0.3) is 0 Å². The number of hydrazine groups is 1. The van der Waals surface area contributed by atoms with Crippen LogP contribution in [-0.2, 0) is 17.6 Å². The van der Waals surface area contributed by atoms with E-state index in [4.69, 9.17) is 0 Å². The largest absolute Gasteiger partial charge is 0.405 e. The van der Waals surface area contributed by atoms with Crippen molar-refractivity contribution in [1.82, 2.24) is 10.4 Å². The lowest BCUT2D eigenvalue weighted by molar-refractivity contribution is -0.189. The van der Waals surface area contributed by atoms with Crippen LogP contribution in [0.5, 0.6) is 0 Å². The summed E-state index contributed by atoms with van der Waals surface area (Å²) in [5.41, 5.74) is 4.34.